The molecule has 2 N–H and O–H groups in total. The third-order valence-electron chi connectivity index (χ3n) is 5.43. The smallest absolute Gasteiger partial charge is 0.241 e. The Hall–Kier alpha value is -1.59. The first-order valence-corrected chi connectivity index (χ1v) is 9.21. The first-order valence-electron chi connectivity index (χ1n) is 9.21. The Morgan fingerprint density at radius 3 is 2.62 bits per heavy atom. The van der Waals surface area contributed by atoms with Crippen molar-refractivity contribution in [2.75, 3.05) is 31.1 Å². The van der Waals surface area contributed by atoms with E-state index in [2.05, 4.69) is 54.7 Å². The fourth-order valence-electron chi connectivity index (χ4n) is 3.79. The number of anilines is 1. The predicted molar refractivity (Wildman–Crippen MR) is 98.1 cm³/mol. The first-order chi connectivity index (χ1) is 11.6. The van der Waals surface area contributed by atoms with Crippen LogP contribution in [-0.2, 0) is 4.79 Å². The van der Waals surface area contributed by atoms with Gasteiger partial charge in [0.25, 0.3) is 0 Å². The molecule has 0 saturated carbocycles. The van der Waals surface area contributed by atoms with E-state index in [4.69, 9.17) is 0 Å². The Morgan fingerprint density at radius 1 is 1.17 bits per heavy atom. The summed E-state index contributed by atoms with van der Waals surface area (Å²) in [4.78, 5) is 17.2. The highest BCUT2D eigenvalue weighted by Gasteiger charge is 2.33. The number of hydrogen-bond donors (Lipinski definition) is 2. The minimum absolute atomic E-state index is 0.0613. The Labute approximate surface area is 145 Å². The lowest BCUT2D eigenvalue weighted by Crippen LogP contribution is -2.53. The number of piperazine rings is 1. The summed E-state index contributed by atoms with van der Waals surface area (Å²) in [5.41, 5.74) is 10.4. The van der Waals surface area contributed by atoms with Crippen molar-refractivity contribution in [2.45, 2.75) is 52.1 Å². The minimum Gasteiger partial charge on any atom is -0.368 e. The van der Waals surface area contributed by atoms with Crippen LogP contribution < -0.4 is 15.8 Å². The van der Waals surface area contributed by atoms with Crippen LogP contribution in [0.4, 0.5) is 5.69 Å². The molecule has 3 rings (SSSR count). The van der Waals surface area contributed by atoms with Crippen LogP contribution in [0.25, 0.3) is 0 Å². The van der Waals surface area contributed by atoms with E-state index in [1.54, 1.807) is 0 Å². The van der Waals surface area contributed by atoms with Crippen LogP contribution in [0.3, 0.4) is 0 Å². The van der Waals surface area contributed by atoms with Crippen molar-refractivity contribution in [1.29, 1.82) is 0 Å². The number of aryl methyl sites for hydroxylation is 1. The molecule has 0 radical (unpaired) electrons. The van der Waals surface area contributed by atoms with Crippen molar-refractivity contribution in [3.8, 4) is 0 Å². The summed E-state index contributed by atoms with van der Waals surface area (Å²) in [5, 5.41) is 0. The van der Waals surface area contributed by atoms with Crippen LogP contribution in [0.5, 0.6) is 0 Å². The fraction of sp³-hybridized carbons (Fsp3) is 0.632. The Morgan fingerprint density at radius 2 is 1.92 bits per heavy atom. The van der Waals surface area contributed by atoms with E-state index in [1.165, 1.54) is 16.8 Å². The van der Waals surface area contributed by atoms with Gasteiger partial charge >= 0.3 is 0 Å². The summed E-state index contributed by atoms with van der Waals surface area (Å²) in [6, 6.07) is 6.84. The molecule has 2 fully saturated rings. The average Bonchev–Trinajstić information content (AvgIpc) is 3.06. The lowest BCUT2D eigenvalue weighted by Gasteiger charge is -2.38. The highest BCUT2D eigenvalue weighted by molar-refractivity contribution is 5.82. The van der Waals surface area contributed by atoms with Gasteiger partial charge in [-0.25, -0.2) is 5.43 Å². The van der Waals surface area contributed by atoms with Crippen molar-refractivity contribution in [3.05, 3.63) is 29.3 Å². The molecule has 2 aliphatic heterocycles. The molecule has 2 saturated heterocycles. The number of amides is 1. The van der Waals surface area contributed by atoms with Crippen LogP contribution in [0.2, 0.25) is 0 Å². The summed E-state index contributed by atoms with van der Waals surface area (Å²) in [6.07, 6.45) is 3.18. The average molecular weight is 330 g/mol. The van der Waals surface area contributed by atoms with E-state index >= 15 is 0 Å². The van der Waals surface area contributed by atoms with Gasteiger partial charge in [-0.2, -0.15) is 0 Å². The van der Waals surface area contributed by atoms with Gasteiger partial charge in [0.15, 0.2) is 0 Å². The summed E-state index contributed by atoms with van der Waals surface area (Å²) in [7, 11) is 0. The van der Waals surface area contributed by atoms with Crippen molar-refractivity contribution in [1.82, 2.24) is 15.8 Å². The number of benzene rings is 1. The van der Waals surface area contributed by atoms with E-state index in [0.717, 1.165) is 45.4 Å². The van der Waals surface area contributed by atoms with Gasteiger partial charge in [-0.05, 0) is 43.9 Å². The van der Waals surface area contributed by atoms with Crippen molar-refractivity contribution < 1.29 is 4.79 Å². The summed E-state index contributed by atoms with van der Waals surface area (Å²) < 4.78 is 0. The largest absolute Gasteiger partial charge is 0.368 e. The monoisotopic (exact) mass is 330 g/mol. The van der Waals surface area contributed by atoms with Crippen LogP contribution in [0, 0.1) is 13.8 Å². The molecule has 0 spiro atoms. The molecule has 0 bridgehead atoms. The summed E-state index contributed by atoms with van der Waals surface area (Å²) in [5.74, 6) is 0.252. The van der Waals surface area contributed by atoms with Crippen molar-refractivity contribution in [3.63, 3.8) is 0 Å². The van der Waals surface area contributed by atoms with Gasteiger partial charge in [0.1, 0.15) is 6.04 Å². The fourth-order valence-corrected chi connectivity index (χ4v) is 3.79. The standard InChI is InChI=1S/C19H30N4O/c1-4-6-16-13-17(21-20-16)19(24)23-11-9-22(10-12-23)18-8-5-7-14(2)15(18)3/h5,7-8,16-17,20-21H,4,6,9-13H2,1-3H3. The molecular formula is C19H30N4O. The second-order valence-electron chi connectivity index (χ2n) is 7.09. The molecule has 5 heteroatoms. The van der Waals surface area contributed by atoms with E-state index in [-0.39, 0.29) is 11.9 Å². The third kappa shape index (κ3) is 3.57. The number of nitrogens with one attached hydrogen (secondary N) is 2. The normalized spacial score (nSPS) is 24.5. The number of hydrazine groups is 1. The quantitative estimate of drug-likeness (QED) is 0.886. The molecule has 0 aromatic heterocycles. The highest BCUT2D eigenvalue weighted by Crippen LogP contribution is 2.24. The van der Waals surface area contributed by atoms with Gasteiger partial charge in [-0.1, -0.05) is 25.5 Å². The molecule has 2 heterocycles. The lowest BCUT2D eigenvalue weighted by atomic mass is 10.0. The molecule has 0 aliphatic carbocycles. The van der Waals surface area contributed by atoms with Gasteiger partial charge in [-0.15, -0.1) is 0 Å². The van der Waals surface area contributed by atoms with E-state index in [0.29, 0.717) is 6.04 Å². The van der Waals surface area contributed by atoms with E-state index in [1.807, 2.05) is 4.90 Å². The van der Waals surface area contributed by atoms with Gasteiger partial charge in [0.2, 0.25) is 5.91 Å². The van der Waals surface area contributed by atoms with Crippen LogP contribution in [0.1, 0.15) is 37.3 Å². The van der Waals surface area contributed by atoms with E-state index < -0.39 is 0 Å². The zero-order chi connectivity index (χ0) is 17.1. The number of carbonyl (C=O) groups excluding carboxylic acids is 1. The highest BCUT2D eigenvalue weighted by atomic mass is 16.2. The van der Waals surface area contributed by atoms with Crippen molar-refractivity contribution in [2.24, 2.45) is 0 Å². The van der Waals surface area contributed by atoms with Gasteiger partial charge in [0.05, 0.1) is 0 Å². The summed E-state index contributed by atoms with van der Waals surface area (Å²) in [6.45, 7) is 9.96. The van der Waals surface area contributed by atoms with E-state index in [9.17, 15) is 4.79 Å². The molecule has 1 aromatic carbocycles. The van der Waals surface area contributed by atoms with Crippen LogP contribution >= 0.6 is 0 Å². The molecule has 1 amide bonds. The summed E-state index contributed by atoms with van der Waals surface area (Å²) >= 11 is 0. The maximum atomic E-state index is 12.7. The molecule has 24 heavy (non-hydrogen) atoms. The molecule has 2 unspecified atom stereocenters. The first kappa shape index (κ1) is 17.2. The zero-order valence-electron chi connectivity index (χ0n) is 15.1. The molecule has 2 atom stereocenters. The number of rotatable bonds is 4. The molecule has 132 valence electrons. The third-order valence-corrected chi connectivity index (χ3v) is 5.43. The second-order valence-corrected chi connectivity index (χ2v) is 7.09. The van der Waals surface area contributed by atoms with Crippen LogP contribution in [-0.4, -0.2) is 49.1 Å². The Balaban J connectivity index is 1.55. The molecule has 1 aromatic rings. The topological polar surface area (TPSA) is 47.6 Å². The Bertz CT molecular complexity index is 581. The van der Waals surface area contributed by atoms with Gasteiger partial charge in [0, 0.05) is 37.9 Å². The number of nitrogens with zero attached hydrogens (tertiary/aromatic N) is 2. The molecular weight excluding hydrogens is 300 g/mol. The lowest BCUT2D eigenvalue weighted by molar-refractivity contribution is -0.133. The molecule has 2 aliphatic rings. The van der Waals surface area contributed by atoms with Crippen LogP contribution in [0.15, 0.2) is 18.2 Å². The maximum Gasteiger partial charge on any atom is 0.241 e. The number of carbonyl (C=O) groups is 1. The minimum atomic E-state index is -0.0613. The van der Waals surface area contributed by atoms with Crippen molar-refractivity contribution >= 4 is 11.6 Å². The zero-order valence-corrected chi connectivity index (χ0v) is 15.1. The number of hydrogen-bond acceptors (Lipinski definition) is 4. The molecule has 5 nitrogen and oxygen atoms in total. The van der Waals surface area contributed by atoms with Gasteiger partial charge < -0.3 is 9.80 Å². The van der Waals surface area contributed by atoms with Gasteiger partial charge in [-0.3, -0.25) is 10.2 Å². The predicted octanol–water partition coefficient (Wildman–Crippen LogP) is 1.99. The second kappa shape index (κ2) is 7.53. The maximum absolute atomic E-state index is 12.7. The SMILES string of the molecule is CCCC1CC(C(=O)N2CCN(c3cccc(C)c3C)CC2)NN1. The Kier molecular flexibility index (Phi) is 5.41.